The van der Waals surface area contributed by atoms with Crippen LogP contribution in [0.4, 0.5) is 4.39 Å². The fourth-order valence-electron chi connectivity index (χ4n) is 1.89. The number of nitrogens with zero attached hydrogens (tertiary/aromatic N) is 2. The van der Waals surface area contributed by atoms with E-state index in [1.54, 1.807) is 0 Å². The summed E-state index contributed by atoms with van der Waals surface area (Å²) < 4.78 is 14.2. The van der Waals surface area contributed by atoms with Gasteiger partial charge in [-0.15, -0.1) is 0 Å². The van der Waals surface area contributed by atoms with Gasteiger partial charge in [-0.1, -0.05) is 0 Å². The molecular formula is C13H8FN3O3. The van der Waals surface area contributed by atoms with Crippen molar-refractivity contribution in [1.82, 2.24) is 14.4 Å². The molecule has 2 heterocycles. The molecule has 20 heavy (non-hydrogen) atoms. The van der Waals surface area contributed by atoms with Crippen molar-refractivity contribution in [2.24, 2.45) is 0 Å². The fraction of sp³-hybridized carbons (Fsp3) is 0. The largest absolute Gasteiger partial charge is 0.476 e. The molecule has 0 amide bonds. The lowest BCUT2D eigenvalue weighted by Gasteiger charge is -2.02. The predicted octanol–water partition coefficient (Wildman–Crippen LogP) is 1.53. The average molecular weight is 273 g/mol. The highest BCUT2D eigenvalue weighted by molar-refractivity contribution is 5.86. The van der Waals surface area contributed by atoms with Gasteiger partial charge in [-0.05, 0) is 29.8 Å². The highest BCUT2D eigenvalue weighted by atomic mass is 19.1. The van der Waals surface area contributed by atoms with Crippen LogP contribution in [0, 0.1) is 5.82 Å². The monoisotopic (exact) mass is 273 g/mol. The summed E-state index contributed by atoms with van der Waals surface area (Å²) in [6, 6.07) is 5.58. The van der Waals surface area contributed by atoms with Gasteiger partial charge >= 0.3 is 5.97 Å². The number of carboxylic acids is 1. The third-order valence-corrected chi connectivity index (χ3v) is 2.83. The Labute approximate surface area is 111 Å². The van der Waals surface area contributed by atoms with Gasteiger partial charge in [0.15, 0.2) is 5.69 Å². The summed E-state index contributed by atoms with van der Waals surface area (Å²) in [5.74, 6) is -1.59. The van der Waals surface area contributed by atoms with Gasteiger partial charge in [0.1, 0.15) is 5.82 Å². The third kappa shape index (κ3) is 1.95. The van der Waals surface area contributed by atoms with Crippen LogP contribution in [0.15, 0.2) is 41.5 Å². The number of carbonyl (C=O) groups is 1. The van der Waals surface area contributed by atoms with Gasteiger partial charge in [0.25, 0.3) is 5.56 Å². The van der Waals surface area contributed by atoms with E-state index < -0.39 is 11.5 Å². The van der Waals surface area contributed by atoms with Crippen LogP contribution >= 0.6 is 0 Å². The number of aromatic amines is 1. The first-order valence-corrected chi connectivity index (χ1v) is 5.66. The normalized spacial score (nSPS) is 10.8. The van der Waals surface area contributed by atoms with Crippen LogP contribution < -0.4 is 5.56 Å². The first kappa shape index (κ1) is 12.1. The summed E-state index contributed by atoms with van der Waals surface area (Å²) in [4.78, 5) is 29.0. The summed E-state index contributed by atoms with van der Waals surface area (Å²) in [5, 5.41) is 8.86. The van der Waals surface area contributed by atoms with Crippen molar-refractivity contribution in [1.29, 1.82) is 0 Å². The van der Waals surface area contributed by atoms with E-state index in [1.807, 2.05) is 0 Å². The Morgan fingerprint density at radius 2 is 1.95 bits per heavy atom. The zero-order chi connectivity index (χ0) is 14.3. The van der Waals surface area contributed by atoms with Gasteiger partial charge in [-0.3, -0.25) is 9.20 Å². The second-order valence-corrected chi connectivity index (χ2v) is 4.17. The molecule has 6 nitrogen and oxygen atoms in total. The number of hydrogen-bond acceptors (Lipinski definition) is 3. The number of H-pyrrole nitrogens is 1. The van der Waals surface area contributed by atoms with Crippen LogP contribution in [0.2, 0.25) is 0 Å². The molecule has 0 aliphatic carbocycles. The summed E-state index contributed by atoms with van der Waals surface area (Å²) >= 11 is 0. The van der Waals surface area contributed by atoms with Crippen LogP contribution in [0.5, 0.6) is 0 Å². The van der Waals surface area contributed by atoms with E-state index in [9.17, 15) is 14.0 Å². The maximum Gasteiger partial charge on any atom is 0.356 e. The quantitative estimate of drug-likeness (QED) is 0.741. The van der Waals surface area contributed by atoms with Gasteiger partial charge in [0.05, 0.1) is 5.69 Å². The smallest absolute Gasteiger partial charge is 0.356 e. The summed E-state index contributed by atoms with van der Waals surface area (Å²) in [5.41, 5.74) is 0.312. The molecule has 0 bridgehead atoms. The van der Waals surface area contributed by atoms with E-state index >= 15 is 0 Å². The molecule has 3 rings (SSSR count). The van der Waals surface area contributed by atoms with Gasteiger partial charge in [0, 0.05) is 12.4 Å². The lowest BCUT2D eigenvalue weighted by molar-refractivity contribution is 0.0691. The number of halogens is 1. The number of imidazole rings is 1. The minimum Gasteiger partial charge on any atom is -0.476 e. The molecule has 0 aliphatic rings. The molecule has 0 unspecified atom stereocenters. The standard InChI is InChI=1S/C13H8FN3O3/c14-8-3-1-7(2-4-8)9-5-17-6-10(13(19)20)15-11(17)12(18)16-9/h1-6H,(H,16,18)(H,19,20). The van der Waals surface area contributed by atoms with Gasteiger partial charge in [0.2, 0.25) is 5.65 Å². The first-order chi connectivity index (χ1) is 9.54. The van der Waals surface area contributed by atoms with Crippen LogP contribution in [0.3, 0.4) is 0 Å². The molecule has 1 aromatic carbocycles. The van der Waals surface area contributed by atoms with E-state index in [4.69, 9.17) is 5.11 Å². The highest BCUT2D eigenvalue weighted by Gasteiger charge is 2.12. The first-order valence-electron chi connectivity index (χ1n) is 5.66. The molecule has 0 spiro atoms. The number of nitrogens with one attached hydrogen (secondary N) is 1. The molecule has 7 heteroatoms. The molecule has 0 saturated carbocycles. The van der Waals surface area contributed by atoms with Gasteiger partial charge < -0.3 is 10.1 Å². The van der Waals surface area contributed by atoms with Crippen LogP contribution in [0.1, 0.15) is 10.5 Å². The fourth-order valence-corrected chi connectivity index (χ4v) is 1.89. The Morgan fingerprint density at radius 3 is 2.60 bits per heavy atom. The zero-order valence-electron chi connectivity index (χ0n) is 10.0. The molecule has 0 atom stereocenters. The second-order valence-electron chi connectivity index (χ2n) is 4.17. The van der Waals surface area contributed by atoms with Gasteiger partial charge in [-0.2, -0.15) is 0 Å². The third-order valence-electron chi connectivity index (χ3n) is 2.83. The number of aromatic nitrogens is 3. The number of fused-ring (bicyclic) bond motifs is 1. The number of hydrogen-bond donors (Lipinski definition) is 2. The van der Waals surface area contributed by atoms with Crippen molar-refractivity contribution < 1.29 is 14.3 Å². The molecule has 0 fully saturated rings. The van der Waals surface area contributed by atoms with Crippen molar-refractivity contribution in [2.45, 2.75) is 0 Å². The lowest BCUT2D eigenvalue weighted by Crippen LogP contribution is -2.11. The molecule has 0 aliphatic heterocycles. The van der Waals surface area contributed by atoms with Crippen molar-refractivity contribution in [3.05, 3.63) is 58.5 Å². The van der Waals surface area contributed by atoms with Crippen molar-refractivity contribution in [2.75, 3.05) is 0 Å². The maximum atomic E-state index is 12.9. The number of benzene rings is 1. The minimum atomic E-state index is -1.21. The van der Waals surface area contributed by atoms with Crippen LogP contribution in [-0.2, 0) is 0 Å². The topological polar surface area (TPSA) is 87.5 Å². The maximum absolute atomic E-state index is 12.9. The van der Waals surface area contributed by atoms with E-state index in [0.29, 0.717) is 11.3 Å². The van der Waals surface area contributed by atoms with Crippen LogP contribution in [0.25, 0.3) is 16.9 Å². The van der Waals surface area contributed by atoms with E-state index in [0.717, 1.165) is 0 Å². The van der Waals surface area contributed by atoms with Crippen molar-refractivity contribution in [3.8, 4) is 11.3 Å². The Bertz CT molecular complexity index is 865. The Kier molecular flexibility index (Phi) is 2.60. The lowest BCUT2D eigenvalue weighted by atomic mass is 10.1. The Hall–Kier alpha value is -2.96. The highest BCUT2D eigenvalue weighted by Crippen LogP contribution is 2.16. The Balaban J connectivity index is 2.21. The molecule has 3 aromatic rings. The zero-order valence-corrected chi connectivity index (χ0v) is 10.0. The number of aromatic carboxylic acids is 1. The molecular weight excluding hydrogens is 265 g/mol. The predicted molar refractivity (Wildman–Crippen MR) is 68.2 cm³/mol. The molecule has 0 radical (unpaired) electrons. The minimum absolute atomic E-state index is 0.00624. The van der Waals surface area contributed by atoms with E-state index in [2.05, 4.69) is 9.97 Å². The summed E-state index contributed by atoms with van der Waals surface area (Å²) in [6.45, 7) is 0. The summed E-state index contributed by atoms with van der Waals surface area (Å²) in [6.07, 6.45) is 2.78. The van der Waals surface area contributed by atoms with E-state index in [1.165, 1.54) is 41.1 Å². The number of rotatable bonds is 2. The van der Waals surface area contributed by atoms with Crippen molar-refractivity contribution in [3.63, 3.8) is 0 Å². The SMILES string of the molecule is O=C(O)c1cn2cc(-c3ccc(F)cc3)[nH]c(=O)c2n1. The summed E-state index contributed by atoms with van der Waals surface area (Å²) in [7, 11) is 0. The molecule has 2 N–H and O–H groups in total. The second kappa shape index (κ2) is 4.30. The molecule has 100 valence electrons. The average Bonchev–Trinajstić information content (AvgIpc) is 2.84. The Morgan fingerprint density at radius 1 is 1.25 bits per heavy atom. The van der Waals surface area contributed by atoms with Crippen LogP contribution in [-0.4, -0.2) is 25.4 Å². The number of carboxylic acid groups (broad SMARTS) is 1. The molecule has 0 saturated heterocycles. The van der Waals surface area contributed by atoms with Crippen molar-refractivity contribution >= 4 is 11.6 Å². The van der Waals surface area contributed by atoms with Gasteiger partial charge in [-0.25, -0.2) is 14.2 Å². The van der Waals surface area contributed by atoms with E-state index in [-0.39, 0.29) is 17.2 Å². The molecule has 2 aromatic heterocycles.